The molecule has 0 unspecified atom stereocenters. The zero-order valence-electron chi connectivity index (χ0n) is 13.9. The molecule has 0 saturated carbocycles. The van der Waals surface area contributed by atoms with Crippen LogP contribution in [-0.2, 0) is 0 Å². The number of para-hydroxylation sites is 2. The number of nitrogens with zero attached hydrogens (tertiary/aromatic N) is 3. The highest BCUT2D eigenvalue weighted by atomic mass is 32.1. The summed E-state index contributed by atoms with van der Waals surface area (Å²) in [4.78, 5) is 9.30. The van der Waals surface area contributed by atoms with Gasteiger partial charge in [0.1, 0.15) is 0 Å². The average Bonchev–Trinajstić information content (AvgIpc) is 2.70. The summed E-state index contributed by atoms with van der Waals surface area (Å²) in [5.74, 6) is 1.22. The first-order valence-electron chi connectivity index (χ1n) is 8.25. The third kappa shape index (κ3) is 3.38. The number of anilines is 2. The third-order valence-corrected chi connectivity index (χ3v) is 4.17. The van der Waals surface area contributed by atoms with Crippen LogP contribution >= 0.6 is 12.2 Å². The largest absolute Gasteiger partial charge is 0.325 e. The van der Waals surface area contributed by atoms with E-state index in [0.29, 0.717) is 16.5 Å². The highest BCUT2D eigenvalue weighted by Crippen LogP contribution is 2.23. The van der Waals surface area contributed by atoms with Crippen LogP contribution in [0.5, 0.6) is 0 Å². The van der Waals surface area contributed by atoms with E-state index in [1.807, 2.05) is 95.6 Å². The summed E-state index contributed by atoms with van der Waals surface area (Å²) < 4.78 is 2.29. The van der Waals surface area contributed by atoms with Gasteiger partial charge < -0.3 is 5.32 Å². The Labute approximate surface area is 156 Å². The van der Waals surface area contributed by atoms with Crippen molar-refractivity contribution in [2.75, 3.05) is 5.32 Å². The first kappa shape index (κ1) is 16.2. The Morgan fingerprint density at radius 1 is 0.692 bits per heavy atom. The Bertz CT molecular complexity index is 1060. The molecule has 0 aliphatic heterocycles. The molecule has 26 heavy (non-hydrogen) atoms. The Hall–Kier alpha value is -3.31. The maximum Gasteiger partial charge on any atom is 0.216 e. The summed E-state index contributed by atoms with van der Waals surface area (Å²) in [6.45, 7) is 0. The molecule has 0 bridgehead atoms. The van der Waals surface area contributed by atoms with Crippen molar-refractivity contribution < 1.29 is 0 Å². The van der Waals surface area contributed by atoms with E-state index in [9.17, 15) is 0 Å². The highest BCUT2D eigenvalue weighted by Gasteiger charge is 2.11. The standard InChI is InChI=1S/C21H16N4S/c26-21-24-19(16-10-4-1-5-11-16)23-20(22-17-12-6-2-7-13-17)25(21)18-14-8-3-9-15-18/h1-15H,(H,22,23,24,26). The van der Waals surface area contributed by atoms with Gasteiger partial charge in [-0.1, -0.05) is 66.7 Å². The zero-order chi connectivity index (χ0) is 17.8. The molecule has 0 aliphatic carbocycles. The van der Waals surface area contributed by atoms with E-state index in [4.69, 9.17) is 17.2 Å². The van der Waals surface area contributed by atoms with Crippen LogP contribution in [0, 0.1) is 4.77 Å². The van der Waals surface area contributed by atoms with E-state index < -0.39 is 0 Å². The molecule has 4 nitrogen and oxygen atoms in total. The predicted octanol–water partition coefficient (Wildman–Crippen LogP) is 5.41. The number of rotatable bonds is 4. The normalized spacial score (nSPS) is 10.5. The second kappa shape index (κ2) is 7.29. The molecule has 0 aliphatic rings. The van der Waals surface area contributed by atoms with Gasteiger partial charge in [-0.15, -0.1) is 0 Å². The van der Waals surface area contributed by atoms with E-state index in [-0.39, 0.29) is 0 Å². The molecule has 0 amide bonds. The van der Waals surface area contributed by atoms with Crippen molar-refractivity contribution in [3.63, 3.8) is 0 Å². The zero-order valence-corrected chi connectivity index (χ0v) is 14.7. The molecule has 3 aromatic carbocycles. The SMILES string of the molecule is S=c1nc(-c2ccccc2)nc(Nc2ccccc2)n1-c1ccccc1. The lowest BCUT2D eigenvalue weighted by atomic mass is 10.2. The second-order valence-corrected chi connectivity index (χ2v) is 6.05. The van der Waals surface area contributed by atoms with Crippen molar-refractivity contribution >= 4 is 23.9 Å². The minimum Gasteiger partial charge on any atom is -0.325 e. The predicted molar refractivity (Wildman–Crippen MR) is 107 cm³/mol. The van der Waals surface area contributed by atoms with E-state index in [1.54, 1.807) is 0 Å². The molecule has 4 rings (SSSR count). The monoisotopic (exact) mass is 356 g/mol. The molecule has 1 aromatic heterocycles. The second-order valence-electron chi connectivity index (χ2n) is 5.68. The number of hydrogen-bond acceptors (Lipinski definition) is 4. The van der Waals surface area contributed by atoms with Crippen molar-refractivity contribution in [1.82, 2.24) is 14.5 Å². The van der Waals surface area contributed by atoms with Crippen LogP contribution < -0.4 is 5.32 Å². The molecule has 126 valence electrons. The molecular weight excluding hydrogens is 340 g/mol. The lowest BCUT2D eigenvalue weighted by molar-refractivity contribution is 0.912. The van der Waals surface area contributed by atoms with E-state index >= 15 is 0 Å². The van der Waals surface area contributed by atoms with Gasteiger partial charge in [0.15, 0.2) is 5.82 Å². The Morgan fingerprint density at radius 2 is 1.27 bits per heavy atom. The van der Waals surface area contributed by atoms with Gasteiger partial charge in [-0.3, -0.25) is 4.57 Å². The molecule has 0 spiro atoms. The highest BCUT2D eigenvalue weighted by molar-refractivity contribution is 7.71. The summed E-state index contributed by atoms with van der Waals surface area (Å²) in [6.07, 6.45) is 0. The van der Waals surface area contributed by atoms with Crippen molar-refractivity contribution in [3.8, 4) is 17.1 Å². The topological polar surface area (TPSA) is 42.7 Å². The summed E-state index contributed by atoms with van der Waals surface area (Å²) >= 11 is 5.60. The summed E-state index contributed by atoms with van der Waals surface area (Å²) in [5.41, 5.74) is 2.77. The Morgan fingerprint density at radius 3 is 1.92 bits per heavy atom. The maximum absolute atomic E-state index is 5.60. The molecule has 0 fully saturated rings. The van der Waals surface area contributed by atoms with Gasteiger partial charge in [-0.2, -0.15) is 9.97 Å². The lowest BCUT2D eigenvalue weighted by Gasteiger charge is -2.15. The number of aromatic nitrogens is 3. The average molecular weight is 356 g/mol. The van der Waals surface area contributed by atoms with Gasteiger partial charge in [0.2, 0.25) is 10.7 Å². The van der Waals surface area contributed by atoms with Crippen molar-refractivity contribution in [3.05, 3.63) is 95.8 Å². The Kier molecular flexibility index (Phi) is 4.53. The van der Waals surface area contributed by atoms with Gasteiger partial charge in [0, 0.05) is 11.3 Å². The molecule has 4 aromatic rings. The van der Waals surface area contributed by atoms with Crippen LogP contribution in [0.3, 0.4) is 0 Å². The van der Waals surface area contributed by atoms with Gasteiger partial charge in [0.05, 0.1) is 5.69 Å². The van der Waals surface area contributed by atoms with Gasteiger partial charge in [-0.05, 0) is 36.5 Å². The fraction of sp³-hybridized carbons (Fsp3) is 0. The molecule has 1 N–H and O–H groups in total. The third-order valence-electron chi connectivity index (χ3n) is 3.89. The molecular formula is C21H16N4S. The smallest absolute Gasteiger partial charge is 0.216 e. The van der Waals surface area contributed by atoms with Crippen molar-refractivity contribution in [2.45, 2.75) is 0 Å². The first-order chi connectivity index (χ1) is 12.8. The molecule has 0 atom stereocenters. The summed E-state index contributed by atoms with van der Waals surface area (Å²) in [5, 5.41) is 3.37. The van der Waals surface area contributed by atoms with Crippen LogP contribution in [-0.4, -0.2) is 14.5 Å². The number of hydrogen-bond donors (Lipinski definition) is 1. The summed E-state index contributed by atoms with van der Waals surface area (Å²) in [6, 6.07) is 29.6. The van der Waals surface area contributed by atoms with E-state index in [0.717, 1.165) is 16.9 Å². The maximum atomic E-state index is 5.60. The van der Waals surface area contributed by atoms with Gasteiger partial charge in [0.25, 0.3) is 0 Å². The van der Waals surface area contributed by atoms with E-state index in [2.05, 4.69) is 10.3 Å². The molecule has 5 heteroatoms. The fourth-order valence-electron chi connectivity index (χ4n) is 2.67. The van der Waals surface area contributed by atoms with Crippen LogP contribution in [0.4, 0.5) is 11.6 Å². The van der Waals surface area contributed by atoms with Crippen LogP contribution in [0.25, 0.3) is 17.1 Å². The quantitative estimate of drug-likeness (QED) is 0.497. The van der Waals surface area contributed by atoms with Gasteiger partial charge in [-0.25, -0.2) is 0 Å². The summed E-state index contributed by atoms with van der Waals surface area (Å²) in [7, 11) is 0. The number of benzene rings is 3. The van der Waals surface area contributed by atoms with Crippen LogP contribution in [0.15, 0.2) is 91.0 Å². The molecule has 0 saturated heterocycles. The minimum atomic E-state index is 0.448. The first-order valence-corrected chi connectivity index (χ1v) is 8.66. The van der Waals surface area contributed by atoms with Crippen LogP contribution in [0.1, 0.15) is 0 Å². The van der Waals surface area contributed by atoms with Gasteiger partial charge >= 0.3 is 0 Å². The number of nitrogens with one attached hydrogen (secondary N) is 1. The molecule has 1 heterocycles. The Balaban J connectivity index is 1.89. The van der Waals surface area contributed by atoms with Crippen molar-refractivity contribution in [1.29, 1.82) is 0 Å². The fourth-order valence-corrected chi connectivity index (χ4v) is 2.95. The van der Waals surface area contributed by atoms with E-state index in [1.165, 1.54) is 0 Å². The minimum absolute atomic E-state index is 0.448. The lowest BCUT2D eigenvalue weighted by Crippen LogP contribution is -2.10. The molecule has 0 radical (unpaired) electrons. The van der Waals surface area contributed by atoms with Crippen molar-refractivity contribution in [2.24, 2.45) is 0 Å². The van der Waals surface area contributed by atoms with Crippen LogP contribution in [0.2, 0.25) is 0 Å².